The Labute approximate surface area is 126 Å². The molecule has 6 heteroatoms. The molecule has 3 saturated heterocycles. The minimum Gasteiger partial charge on any atom is -0.297 e. The van der Waals surface area contributed by atoms with Crippen molar-refractivity contribution in [2.75, 3.05) is 19.6 Å². The van der Waals surface area contributed by atoms with Crippen molar-refractivity contribution >= 4 is 15.8 Å². The minimum atomic E-state index is -3.17. The van der Waals surface area contributed by atoms with Crippen LogP contribution in [0.2, 0.25) is 0 Å². The molecule has 5 nitrogen and oxygen atoms in total. The molecule has 2 bridgehead atoms. The van der Waals surface area contributed by atoms with Gasteiger partial charge in [0.05, 0.1) is 11.3 Å². The van der Waals surface area contributed by atoms with Crippen molar-refractivity contribution in [3.8, 4) is 0 Å². The highest BCUT2D eigenvalue weighted by atomic mass is 32.2. The molecule has 0 aromatic heterocycles. The summed E-state index contributed by atoms with van der Waals surface area (Å²) >= 11 is 0. The fourth-order valence-electron chi connectivity index (χ4n) is 3.89. The molecule has 0 aromatic rings. The Morgan fingerprint density at radius 1 is 1.19 bits per heavy atom. The lowest BCUT2D eigenvalue weighted by Crippen LogP contribution is -2.63. The van der Waals surface area contributed by atoms with Crippen LogP contribution >= 0.6 is 0 Å². The van der Waals surface area contributed by atoms with E-state index in [2.05, 4.69) is 11.8 Å². The van der Waals surface area contributed by atoms with Crippen LogP contribution in [-0.2, 0) is 14.8 Å². The van der Waals surface area contributed by atoms with Crippen molar-refractivity contribution in [2.45, 2.75) is 62.8 Å². The Morgan fingerprint density at radius 2 is 1.81 bits per heavy atom. The minimum absolute atomic E-state index is 0.165. The zero-order chi connectivity index (χ0) is 14.8. The summed E-state index contributed by atoms with van der Waals surface area (Å²) in [5.74, 6) is 0.275. The van der Waals surface area contributed by atoms with Gasteiger partial charge < -0.3 is 0 Å². The maximum Gasteiger partial charge on any atom is 0.217 e. The molecule has 0 N–H and O–H groups in total. The van der Waals surface area contributed by atoms with Crippen LogP contribution in [0.1, 0.15) is 45.4 Å². The third-order valence-corrected chi connectivity index (χ3v) is 8.23. The summed E-state index contributed by atoms with van der Waals surface area (Å²) in [4.78, 5) is 15.0. The number of sulfonamides is 1. The Balaban J connectivity index is 1.57. The van der Waals surface area contributed by atoms with Gasteiger partial charge in [0, 0.05) is 18.0 Å². The first kappa shape index (κ1) is 14.2. The molecule has 0 aromatic carbocycles. The van der Waals surface area contributed by atoms with Gasteiger partial charge in [-0.25, -0.2) is 8.42 Å². The number of Topliss-reactive ketones (excluding diaryl/α,β-unsaturated/α-hetero) is 1. The predicted molar refractivity (Wildman–Crippen MR) is 79.4 cm³/mol. The van der Waals surface area contributed by atoms with Crippen LogP contribution in [0.3, 0.4) is 0 Å². The summed E-state index contributed by atoms with van der Waals surface area (Å²) in [6, 6.07) is -0.0375. The molecule has 0 spiro atoms. The second kappa shape index (κ2) is 4.52. The zero-order valence-corrected chi connectivity index (χ0v) is 13.4. The average Bonchev–Trinajstić information content (AvgIpc) is 3.30. The molecule has 5 rings (SSSR count). The molecule has 5 aliphatic rings. The van der Waals surface area contributed by atoms with Crippen molar-refractivity contribution in [3.63, 3.8) is 0 Å². The Morgan fingerprint density at radius 3 is 2.33 bits per heavy atom. The van der Waals surface area contributed by atoms with E-state index in [1.807, 2.05) is 0 Å². The van der Waals surface area contributed by atoms with Gasteiger partial charge in [-0.3, -0.25) is 9.69 Å². The summed E-state index contributed by atoms with van der Waals surface area (Å²) in [7, 11) is -3.17. The first-order valence-corrected chi connectivity index (χ1v) is 9.71. The number of fused-ring (bicyclic) bond motifs is 3. The smallest absolute Gasteiger partial charge is 0.217 e. The molecule has 118 valence electrons. The number of hydrogen-bond donors (Lipinski definition) is 0. The molecule has 0 amide bonds. The number of carbonyl (C=O) groups excluding carboxylic acids is 1. The number of hydrogen-bond acceptors (Lipinski definition) is 4. The summed E-state index contributed by atoms with van der Waals surface area (Å²) in [6.07, 6.45) is 5.38. The topological polar surface area (TPSA) is 57.7 Å². The van der Waals surface area contributed by atoms with E-state index in [-0.39, 0.29) is 28.5 Å². The van der Waals surface area contributed by atoms with Crippen molar-refractivity contribution in [2.24, 2.45) is 5.41 Å². The van der Waals surface area contributed by atoms with E-state index in [9.17, 15) is 13.2 Å². The van der Waals surface area contributed by atoms with E-state index >= 15 is 0 Å². The lowest BCUT2D eigenvalue weighted by Gasteiger charge is -2.50. The maximum absolute atomic E-state index is 12.7. The van der Waals surface area contributed by atoms with Crippen LogP contribution in [0.15, 0.2) is 0 Å². The van der Waals surface area contributed by atoms with Crippen LogP contribution in [0.4, 0.5) is 0 Å². The van der Waals surface area contributed by atoms with Gasteiger partial charge in [0.15, 0.2) is 5.78 Å². The Kier molecular flexibility index (Phi) is 3.05. The van der Waals surface area contributed by atoms with Gasteiger partial charge in [0.25, 0.3) is 0 Å². The third-order valence-electron chi connectivity index (χ3n) is 5.82. The normalized spacial score (nSPS) is 40.0. The van der Waals surface area contributed by atoms with Crippen LogP contribution in [0.5, 0.6) is 0 Å². The highest BCUT2D eigenvalue weighted by Gasteiger charge is 2.52. The van der Waals surface area contributed by atoms with Crippen molar-refractivity contribution in [3.05, 3.63) is 0 Å². The van der Waals surface area contributed by atoms with Crippen molar-refractivity contribution in [1.82, 2.24) is 9.21 Å². The first-order valence-electron chi connectivity index (χ1n) is 8.21. The molecule has 2 saturated carbocycles. The van der Waals surface area contributed by atoms with Crippen molar-refractivity contribution in [1.29, 1.82) is 0 Å². The maximum atomic E-state index is 12.7. The molecular weight excluding hydrogens is 288 g/mol. The fraction of sp³-hybridized carbons (Fsp3) is 0.933. The van der Waals surface area contributed by atoms with Gasteiger partial charge in [-0.1, -0.05) is 6.92 Å². The highest BCUT2D eigenvalue weighted by molar-refractivity contribution is 7.90. The standard InChI is InChI=1S/C15H24N2O3S/c1-15-6-8-16(9-7-15)13(14(15)18)10-17(11-2-3-11)21(19,20)12-4-5-12/h11-13H,2-10H2,1H3. The Bertz CT molecular complexity index is 557. The molecule has 1 atom stereocenters. The second-order valence-electron chi connectivity index (χ2n) is 7.52. The molecule has 5 fully saturated rings. The summed E-state index contributed by atoms with van der Waals surface area (Å²) in [5.41, 5.74) is -0.210. The van der Waals surface area contributed by atoms with Crippen LogP contribution in [-0.4, -0.2) is 60.4 Å². The van der Waals surface area contributed by atoms with Crippen molar-refractivity contribution < 1.29 is 13.2 Å². The summed E-state index contributed by atoms with van der Waals surface area (Å²) < 4.78 is 27.0. The second-order valence-corrected chi connectivity index (χ2v) is 9.69. The SMILES string of the molecule is CC12CCN(CC1)C(CN(C1CC1)S(=O)(=O)C1CC1)C2=O. The predicted octanol–water partition coefficient (Wildman–Crippen LogP) is 0.996. The number of nitrogens with zero attached hydrogens (tertiary/aromatic N) is 2. The quantitative estimate of drug-likeness (QED) is 0.760. The van der Waals surface area contributed by atoms with Gasteiger partial charge in [0.2, 0.25) is 10.0 Å². The van der Waals surface area contributed by atoms with Gasteiger partial charge in [-0.05, 0) is 51.6 Å². The van der Waals surface area contributed by atoms with Gasteiger partial charge in [0.1, 0.15) is 0 Å². The largest absolute Gasteiger partial charge is 0.297 e. The van der Waals surface area contributed by atoms with Gasteiger partial charge in [-0.15, -0.1) is 0 Å². The van der Waals surface area contributed by atoms with Gasteiger partial charge >= 0.3 is 0 Å². The molecular formula is C15H24N2O3S. The van der Waals surface area contributed by atoms with E-state index in [0.717, 1.165) is 51.6 Å². The molecule has 1 unspecified atom stereocenters. The monoisotopic (exact) mass is 312 g/mol. The Hall–Kier alpha value is -0.460. The summed E-state index contributed by atoms with van der Waals surface area (Å²) in [5, 5.41) is -0.167. The number of rotatable bonds is 5. The van der Waals surface area contributed by atoms with Crippen LogP contribution < -0.4 is 0 Å². The molecule has 3 heterocycles. The van der Waals surface area contributed by atoms with E-state index in [1.165, 1.54) is 0 Å². The van der Waals surface area contributed by atoms with E-state index < -0.39 is 10.0 Å². The van der Waals surface area contributed by atoms with E-state index in [4.69, 9.17) is 0 Å². The third kappa shape index (κ3) is 2.26. The zero-order valence-electron chi connectivity index (χ0n) is 12.6. The molecule has 21 heavy (non-hydrogen) atoms. The van der Waals surface area contributed by atoms with E-state index in [0.29, 0.717) is 6.54 Å². The average molecular weight is 312 g/mol. The molecule has 0 radical (unpaired) electrons. The molecule has 2 aliphatic carbocycles. The molecule has 3 aliphatic heterocycles. The fourth-order valence-corrected chi connectivity index (χ4v) is 5.98. The number of ketones is 1. The summed E-state index contributed by atoms with van der Waals surface area (Å²) in [6.45, 7) is 4.34. The number of carbonyl (C=O) groups is 1. The lowest BCUT2D eigenvalue weighted by atomic mass is 9.69. The van der Waals surface area contributed by atoms with Crippen LogP contribution in [0.25, 0.3) is 0 Å². The number of piperidine rings is 3. The van der Waals surface area contributed by atoms with E-state index in [1.54, 1.807) is 4.31 Å². The lowest BCUT2D eigenvalue weighted by molar-refractivity contribution is -0.146. The highest BCUT2D eigenvalue weighted by Crippen LogP contribution is 2.42. The van der Waals surface area contributed by atoms with Crippen LogP contribution in [0, 0.1) is 5.41 Å². The first-order chi connectivity index (χ1) is 9.92. The van der Waals surface area contributed by atoms with Gasteiger partial charge in [-0.2, -0.15) is 4.31 Å².